The van der Waals surface area contributed by atoms with E-state index in [2.05, 4.69) is 5.10 Å². The van der Waals surface area contributed by atoms with Crippen molar-refractivity contribution in [1.29, 1.82) is 0 Å². The molecule has 2 aromatic rings. The highest BCUT2D eigenvalue weighted by Crippen LogP contribution is 2.27. The van der Waals surface area contributed by atoms with E-state index in [1.807, 2.05) is 11.8 Å². The largest absolute Gasteiger partial charge is 0.369 e. The number of hydrogen-bond donors (Lipinski definition) is 0. The minimum atomic E-state index is -4.13. The van der Waals surface area contributed by atoms with Crippen LogP contribution < -0.4 is 10.5 Å². The maximum Gasteiger partial charge on any atom is 0.302 e. The smallest absolute Gasteiger partial charge is 0.302 e. The molecule has 1 aromatic carbocycles. The van der Waals surface area contributed by atoms with Gasteiger partial charge in [-0.3, -0.25) is 4.79 Å². The van der Waals surface area contributed by atoms with Gasteiger partial charge in [0.1, 0.15) is 5.02 Å². The summed E-state index contributed by atoms with van der Waals surface area (Å²) in [5, 5.41) is 3.85. The van der Waals surface area contributed by atoms with Crippen LogP contribution in [0, 0.1) is 20.8 Å². The minimum Gasteiger partial charge on any atom is -0.369 e. The predicted molar refractivity (Wildman–Crippen MR) is 103 cm³/mol. The maximum atomic E-state index is 13.1. The van der Waals surface area contributed by atoms with E-state index in [1.54, 1.807) is 26.0 Å². The normalized spacial score (nSPS) is 15.3. The molecule has 0 atom stereocenters. The Bertz CT molecular complexity index is 986. The first-order valence-electron chi connectivity index (χ1n) is 8.59. The molecule has 1 saturated heterocycles. The highest BCUT2D eigenvalue weighted by Gasteiger charge is 2.27. The lowest BCUT2D eigenvalue weighted by Crippen LogP contribution is -2.35. The van der Waals surface area contributed by atoms with Gasteiger partial charge in [0.2, 0.25) is 0 Å². The summed E-state index contributed by atoms with van der Waals surface area (Å²) in [6.45, 7) is 6.88. The van der Waals surface area contributed by atoms with Gasteiger partial charge in [-0.05, 0) is 51.2 Å². The maximum absolute atomic E-state index is 13.1. The molecule has 0 saturated carbocycles. The fraction of sp³-hybridized carbons (Fsp3) is 0.444. The van der Waals surface area contributed by atoms with Crippen molar-refractivity contribution in [3.8, 4) is 0 Å². The van der Waals surface area contributed by atoms with E-state index in [-0.39, 0.29) is 9.92 Å². The Morgan fingerprint density at radius 2 is 1.62 bits per heavy atom. The molecule has 1 aliphatic rings. The van der Waals surface area contributed by atoms with E-state index in [9.17, 15) is 13.2 Å². The Balaban J connectivity index is 2.13. The van der Waals surface area contributed by atoms with Gasteiger partial charge < -0.3 is 4.90 Å². The molecule has 1 aromatic heterocycles. The summed E-state index contributed by atoms with van der Waals surface area (Å²) in [6, 6.07) is 3.54. The van der Waals surface area contributed by atoms with Crippen LogP contribution in [0.15, 0.2) is 28.0 Å². The van der Waals surface area contributed by atoms with E-state index < -0.39 is 15.6 Å². The average molecular weight is 396 g/mol. The average Bonchev–Trinajstić information content (AvgIpc) is 2.56. The Morgan fingerprint density at radius 3 is 2.19 bits per heavy atom. The van der Waals surface area contributed by atoms with Gasteiger partial charge in [0.05, 0.1) is 16.8 Å². The first-order valence-corrected chi connectivity index (χ1v) is 10.4. The second-order valence-corrected chi connectivity index (χ2v) is 8.85. The summed E-state index contributed by atoms with van der Waals surface area (Å²) >= 11 is 6.25. The molecule has 2 heterocycles. The fourth-order valence-corrected chi connectivity index (χ4v) is 5.48. The number of aromatic nitrogens is 2. The molecule has 3 rings (SSSR count). The van der Waals surface area contributed by atoms with Crippen molar-refractivity contribution < 1.29 is 8.42 Å². The SMILES string of the molecule is Cc1cc(C)c(S(=O)(=O)n2ncc(N3CCCCC3)c(Cl)c2=O)c(C)c1. The van der Waals surface area contributed by atoms with Gasteiger partial charge in [-0.1, -0.05) is 29.3 Å². The second-order valence-electron chi connectivity index (χ2n) is 6.77. The Labute approximate surface area is 158 Å². The van der Waals surface area contributed by atoms with Crippen LogP contribution >= 0.6 is 11.6 Å². The van der Waals surface area contributed by atoms with Crippen LogP contribution in [0.4, 0.5) is 5.69 Å². The molecule has 0 bridgehead atoms. The Morgan fingerprint density at radius 1 is 1.04 bits per heavy atom. The first-order chi connectivity index (χ1) is 12.2. The molecule has 6 nitrogen and oxygen atoms in total. The monoisotopic (exact) mass is 395 g/mol. The topological polar surface area (TPSA) is 72.3 Å². The van der Waals surface area contributed by atoms with Crippen LogP contribution in [-0.4, -0.2) is 30.7 Å². The summed E-state index contributed by atoms with van der Waals surface area (Å²) in [6.07, 6.45) is 4.55. The third-order valence-electron chi connectivity index (χ3n) is 4.66. The molecule has 0 N–H and O–H groups in total. The lowest BCUT2D eigenvalue weighted by atomic mass is 10.1. The van der Waals surface area contributed by atoms with Crippen LogP contribution in [0.3, 0.4) is 0 Å². The number of anilines is 1. The fourth-order valence-electron chi connectivity index (χ4n) is 3.60. The van der Waals surface area contributed by atoms with Crippen molar-refractivity contribution in [1.82, 2.24) is 9.19 Å². The van der Waals surface area contributed by atoms with Crippen LogP contribution in [0.25, 0.3) is 0 Å². The third-order valence-corrected chi connectivity index (χ3v) is 6.89. The number of hydrogen-bond acceptors (Lipinski definition) is 5. The molecule has 1 fully saturated rings. The number of rotatable bonds is 3. The van der Waals surface area contributed by atoms with Crippen molar-refractivity contribution in [2.75, 3.05) is 18.0 Å². The van der Waals surface area contributed by atoms with Gasteiger partial charge in [0.15, 0.2) is 0 Å². The lowest BCUT2D eigenvalue weighted by molar-refractivity contribution is 0.568. The Hall–Kier alpha value is -1.86. The summed E-state index contributed by atoms with van der Waals surface area (Å²) in [5.41, 5.74) is 1.80. The molecule has 140 valence electrons. The zero-order chi connectivity index (χ0) is 19.1. The molecule has 8 heteroatoms. The van der Waals surface area contributed by atoms with Gasteiger partial charge in [-0.25, -0.2) is 0 Å². The molecule has 0 aliphatic carbocycles. The number of benzene rings is 1. The van der Waals surface area contributed by atoms with Crippen LogP contribution in [-0.2, 0) is 10.0 Å². The molecular formula is C18H22ClN3O3S. The van der Waals surface area contributed by atoms with Crippen molar-refractivity contribution in [3.63, 3.8) is 0 Å². The summed E-state index contributed by atoms with van der Waals surface area (Å²) in [4.78, 5) is 14.8. The predicted octanol–water partition coefficient (Wildman–Crippen LogP) is 3.05. The molecular weight excluding hydrogens is 374 g/mol. The van der Waals surface area contributed by atoms with Crippen LogP contribution in [0.5, 0.6) is 0 Å². The van der Waals surface area contributed by atoms with Gasteiger partial charge in [-0.15, -0.1) is 4.09 Å². The standard InChI is InChI=1S/C18H22ClN3O3S/c1-12-9-13(2)17(14(3)10-12)26(24,25)22-18(23)16(19)15(11-20-22)21-7-5-4-6-8-21/h9-11H,4-8H2,1-3H3. The summed E-state index contributed by atoms with van der Waals surface area (Å²) < 4.78 is 26.7. The number of nitrogens with zero attached hydrogens (tertiary/aromatic N) is 3. The molecule has 0 unspecified atom stereocenters. The molecule has 0 amide bonds. The zero-order valence-corrected chi connectivity index (χ0v) is 16.7. The van der Waals surface area contributed by atoms with E-state index in [0.29, 0.717) is 20.9 Å². The molecule has 0 spiro atoms. The molecule has 1 aliphatic heterocycles. The van der Waals surface area contributed by atoms with E-state index in [4.69, 9.17) is 11.6 Å². The van der Waals surface area contributed by atoms with Gasteiger partial charge >= 0.3 is 5.56 Å². The van der Waals surface area contributed by atoms with Gasteiger partial charge in [0, 0.05) is 13.1 Å². The van der Waals surface area contributed by atoms with Crippen LogP contribution in [0.1, 0.15) is 36.0 Å². The number of halogens is 1. The van der Waals surface area contributed by atoms with Crippen molar-refractivity contribution in [2.45, 2.75) is 44.9 Å². The van der Waals surface area contributed by atoms with Crippen molar-refractivity contribution >= 4 is 27.3 Å². The third kappa shape index (κ3) is 3.25. The molecule has 26 heavy (non-hydrogen) atoms. The first kappa shape index (κ1) is 18.9. The van der Waals surface area contributed by atoms with E-state index in [0.717, 1.165) is 37.9 Å². The minimum absolute atomic E-state index is 0.0967. The van der Waals surface area contributed by atoms with E-state index >= 15 is 0 Å². The highest BCUT2D eigenvalue weighted by atomic mass is 35.5. The zero-order valence-electron chi connectivity index (χ0n) is 15.1. The quantitative estimate of drug-likeness (QED) is 0.798. The lowest BCUT2D eigenvalue weighted by Gasteiger charge is -2.29. The number of aryl methyl sites for hydroxylation is 3. The van der Waals surface area contributed by atoms with Crippen molar-refractivity contribution in [3.05, 3.63) is 50.4 Å². The van der Waals surface area contributed by atoms with Crippen LogP contribution in [0.2, 0.25) is 5.02 Å². The molecule has 0 radical (unpaired) electrons. The van der Waals surface area contributed by atoms with E-state index in [1.165, 1.54) is 6.20 Å². The van der Waals surface area contributed by atoms with Crippen molar-refractivity contribution in [2.24, 2.45) is 0 Å². The Kier molecular flexibility index (Phi) is 5.12. The summed E-state index contributed by atoms with van der Waals surface area (Å²) in [5.74, 6) is 0. The van der Waals surface area contributed by atoms with Gasteiger partial charge in [0.25, 0.3) is 10.0 Å². The van der Waals surface area contributed by atoms with Gasteiger partial charge in [-0.2, -0.15) is 13.5 Å². The summed E-state index contributed by atoms with van der Waals surface area (Å²) in [7, 11) is -4.13. The number of piperidine rings is 1. The highest BCUT2D eigenvalue weighted by molar-refractivity contribution is 7.90. The second kappa shape index (κ2) is 7.04.